The molecule has 0 spiro atoms. The molecule has 3 aromatic rings. The van der Waals surface area contributed by atoms with Crippen molar-refractivity contribution >= 4 is 62.5 Å². The highest BCUT2D eigenvalue weighted by molar-refractivity contribution is 7.98. The number of nitrogens with one attached hydrogen (secondary N) is 1. The lowest BCUT2D eigenvalue weighted by Crippen LogP contribution is -2.52. The summed E-state index contributed by atoms with van der Waals surface area (Å²) in [4.78, 5) is 29.4. The number of hydrogen-bond acceptors (Lipinski definition) is 6. The van der Waals surface area contributed by atoms with Gasteiger partial charge in [-0.1, -0.05) is 41.4 Å². The largest absolute Gasteiger partial charge is 0.492 e. The second kappa shape index (κ2) is 15.0. The van der Waals surface area contributed by atoms with E-state index in [1.165, 1.54) is 28.8 Å². The Morgan fingerprint density at radius 3 is 2.26 bits per heavy atom. The van der Waals surface area contributed by atoms with Crippen molar-refractivity contribution in [1.82, 2.24) is 10.2 Å². The molecule has 1 N–H and O–H groups in total. The zero-order valence-electron chi connectivity index (χ0n) is 24.1. The molecule has 3 aromatic carbocycles. The van der Waals surface area contributed by atoms with Gasteiger partial charge < -0.3 is 15.0 Å². The highest BCUT2D eigenvalue weighted by Crippen LogP contribution is 2.33. The molecule has 3 rings (SSSR count). The first-order chi connectivity index (χ1) is 19.9. The van der Waals surface area contributed by atoms with Gasteiger partial charge in [0.2, 0.25) is 11.8 Å². The van der Waals surface area contributed by atoms with E-state index in [-0.39, 0.29) is 35.7 Å². The highest BCUT2D eigenvalue weighted by atomic mass is 35.5. The molecule has 0 heterocycles. The van der Waals surface area contributed by atoms with E-state index in [9.17, 15) is 18.0 Å². The molecule has 0 aliphatic heterocycles. The summed E-state index contributed by atoms with van der Waals surface area (Å²) in [5.41, 5.74) is 0.751. The molecule has 0 unspecified atom stereocenters. The molecule has 0 aromatic heterocycles. The Bertz CT molecular complexity index is 1500. The number of thioether (sulfide) groups is 1. The maximum Gasteiger partial charge on any atom is 0.264 e. The van der Waals surface area contributed by atoms with E-state index in [1.54, 1.807) is 68.4 Å². The van der Waals surface area contributed by atoms with Gasteiger partial charge in [-0.3, -0.25) is 13.9 Å². The molecule has 8 nitrogen and oxygen atoms in total. The summed E-state index contributed by atoms with van der Waals surface area (Å²) >= 11 is 14.0. The molecule has 0 aliphatic carbocycles. The molecule has 2 amide bonds. The number of carbonyl (C=O) groups excluding carboxylic acids is 2. The predicted octanol–water partition coefficient (Wildman–Crippen LogP) is 6.25. The van der Waals surface area contributed by atoms with Crippen molar-refractivity contribution in [2.75, 3.05) is 23.7 Å². The maximum absolute atomic E-state index is 14.1. The van der Waals surface area contributed by atoms with Crippen molar-refractivity contribution in [2.24, 2.45) is 0 Å². The number of sulfonamides is 1. The zero-order chi connectivity index (χ0) is 31.0. The van der Waals surface area contributed by atoms with Crippen molar-refractivity contribution in [3.8, 4) is 5.75 Å². The standard InChI is InChI=1S/C30H35Cl2N3O5S2/c1-6-40-28-10-8-7-9-27(28)35(42(38,39)25-15-13-24(41-5)14-16-25)19-29(36)34(21(4)30(37)33-20(2)3)18-22-11-12-23(31)17-26(22)32/h7-17,20-21H,6,18-19H2,1-5H3,(H,33,37)/t21-/m1/s1. The maximum atomic E-state index is 14.1. The summed E-state index contributed by atoms with van der Waals surface area (Å²) in [6.07, 6.45) is 1.89. The van der Waals surface area contributed by atoms with Crippen LogP contribution in [0.1, 0.15) is 33.3 Å². The van der Waals surface area contributed by atoms with Crippen LogP contribution in [-0.2, 0) is 26.2 Å². The van der Waals surface area contributed by atoms with E-state index in [1.807, 2.05) is 20.1 Å². The number of benzene rings is 3. The Morgan fingerprint density at radius 1 is 1.00 bits per heavy atom. The average molecular weight is 653 g/mol. The summed E-state index contributed by atoms with van der Waals surface area (Å²) in [5.74, 6) is -0.696. The Balaban J connectivity index is 2.11. The number of ether oxygens (including phenoxy) is 1. The Kier molecular flexibility index (Phi) is 12.0. The number of amides is 2. The SMILES string of the molecule is CCOc1ccccc1N(CC(=O)N(Cc1ccc(Cl)cc1Cl)[C@H](C)C(=O)NC(C)C)S(=O)(=O)c1ccc(SC)cc1. The van der Waals surface area contributed by atoms with Crippen molar-refractivity contribution in [3.05, 3.63) is 82.3 Å². The minimum atomic E-state index is -4.25. The van der Waals surface area contributed by atoms with Crippen LogP contribution < -0.4 is 14.4 Å². The lowest BCUT2D eigenvalue weighted by atomic mass is 10.1. The molecule has 0 fully saturated rings. The third-order valence-corrected chi connectivity index (χ3v) is 9.42. The third kappa shape index (κ3) is 8.34. The summed E-state index contributed by atoms with van der Waals surface area (Å²) in [5, 5.41) is 3.56. The molecular weight excluding hydrogens is 617 g/mol. The Labute approximate surface area is 262 Å². The fourth-order valence-corrected chi connectivity index (χ4v) is 6.45. The van der Waals surface area contributed by atoms with Crippen LogP contribution in [0, 0.1) is 0 Å². The summed E-state index contributed by atoms with van der Waals surface area (Å²) < 4.78 is 35.0. The molecule has 0 saturated carbocycles. The normalized spacial score (nSPS) is 12.1. The molecule has 226 valence electrons. The number of nitrogens with zero attached hydrogens (tertiary/aromatic N) is 2. The van der Waals surface area contributed by atoms with Gasteiger partial charge in [-0.15, -0.1) is 11.8 Å². The van der Waals surface area contributed by atoms with Gasteiger partial charge in [0.1, 0.15) is 18.3 Å². The van der Waals surface area contributed by atoms with E-state index >= 15 is 0 Å². The van der Waals surface area contributed by atoms with Gasteiger partial charge in [0.05, 0.1) is 17.2 Å². The molecule has 0 bridgehead atoms. The number of rotatable bonds is 13. The van der Waals surface area contributed by atoms with Crippen LogP contribution >= 0.6 is 35.0 Å². The molecule has 0 radical (unpaired) electrons. The number of halogens is 2. The van der Waals surface area contributed by atoms with Crippen molar-refractivity contribution in [1.29, 1.82) is 0 Å². The number of hydrogen-bond donors (Lipinski definition) is 1. The minimum Gasteiger partial charge on any atom is -0.492 e. The fraction of sp³-hybridized carbons (Fsp3) is 0.333. The zero-order valence-corrected chi connectivity index (χ0v) is 27.3. The Morgan fingerprint density at radius 2 is 1.67 bits per heavy atom. The average Bonchev–Trinajstić information content (AvgIpc) is 2.95. The predicted molar refractivity (Wildman–Crippen MR) is 170 cm³/mol. The summed E-state index contributed by atoms with van der Waals surface area (Å²) in [6.45, 7) is 6.64. The van der Waals surface area contributed by atoms with Gasteiger partial charge >= 0.3 is 0 Å². The third-order valence-electron chi connectivity index (χ3n) is 6.31. The van der Waals surface area contributed by atoms with Crippen LogP contribution in [0.2, 0.25) is 10.0 Å². The van der Waals surface area contributed by atoms with Gasteiger partial charge in [-0.05, 0) is 88.0 Å². The van der Waals surface area contributed by atoms with E-state index < -0.39 is 28.5 Å². The second-order valence-corrected chi connectivity index (χ2v) is 13.3. The van der Waals surface area contributed by atoms with Crippen molar-refractivity contribution in [3.63, 3.8) is 0 Å². The quantitative estimate of drug-likeness (QED) is 0.220. The minimum absolute atomic E-state index is 0.0114. The van der Waals surface area contributed by atoms with Gasteiger partial charge in [-0.25, -0.2) is 8.42 Å². The van der Waals surface area contributed by atoms with E-state index in [2.05, 4.69) is 5.32 Å². The van der Waals surface area contributed by atoms with Crippen LogP contribution in [0.4, 0.5) is 5.69 Å². The first-order valence-corrected chi connectivity index (χ1v) is 16.7. The molecule has 1 atom stereocenters. The lowest BCUT2D eigenvalue weighted by Gasteiger charge is -2.33. The highest BCUT2D eigenvalue weighted by Gasteiger charge is 2.34. The van der Waals surface area contributed by atoms with Crippen LogP contribution in [-0.4, -0.2) is 56.6 Å². The van der Waals surface area contributed by atoms with Crippen molar-refractivity contribution in [2.45, 2.75) is 56.1 Å². The van der Waals surface area contributed by atoms with Gasteiger partial charge in [0.25, 0.3) is 10.0 Å². The van der Waals surface area contributed by atoms with E-state index in [4.69, 9.17) is 27.9 Å². The van der Waals surface area contributed by atoms with Crippen LogP contribution in [0.5, 0.6) is 5.75 Å². The van der Waals surface area contributed by atoms with Gasteiger partial charge in [0.15, 0.2) is 0 Å². The van der Waals surface area contributed by atoms with E-state index in [0.717, 1.165) is 9.20 Å². The fourth-order valence-electron chi connectivity index (χ4n) is 4.15. The molecule has 0 aliphatic rings. The topological polar surface area (TPSA) is 96.0 Å². The number of carbonyl (C=O) groups is 2. The number of para-hydroxylation sites is 2. The smallest absolute Gasteiger partial charge is 0.264 e. The van der Waals surface area contributed by atoms with Gasteiger partial charge in [0, 0.05) is 27.5 Å². The number of anilines is 1. The van der Waals surface area contributed by atoms with Crippen LogP contribution in [0.15, 0.2) is 76.5 Å². The van der Waals surface area contributed by atoms with Crippen molar-refractivity contribution < 1.29 is 22.7 Å². The summed E-state index contributed by atoms with van der Waals surface area (Å²) in [7, 11) is -4.25. The van der Waals surface area contributed by atoms with Crippen LogP contribution in [0.25, 0.3) is 0 Å². The molecule has 42 heavy (non-hydrogen) atoms. The molecular formula is C30H35Cl2N3O5S2. The molecule has 12 heteroatoms. The second-order valence-electron chi connectivity index (χ2n) is 9.68. The Hall–Kier alpha value is -2.92. The summed E-state index contributed by atoms with van der Waals surface area (Å²) in [6, 6.07) is 16.8. The first-order valence-electron chi connectivity index (χ1n) is 13.3. The van der Waals surface area contributed by atoms with E-state index in [0.29, 0.717) is 21.4 Å². The van der Waals surface area contributed by atoms with Gasteiger partial charge in [-0.2, -0.15) is 0 Å². The first kappa shape index (κ1) is 33.6. The molecule has 0 saturated heterocycles. The van der Waals surface area contributed by atoms with Crippen LogP contribution in [0.3, 0.4) is 0 Å². The monoisotopic (exact) mass is 651 g/mol. The lowest BCUT2D eigenvalue weighted by molar-refractivity contribution is -0.139.